The van der Waals surface area contributed by atoms with Gasteiger partial charge in [-0.25, -0.2) is 4.98 Å². The van der Waals surface area contributed by atoms with Crippen LogP contribution in [-0.4, -0.2) is 33.8 Å². The molecule has 1 heterocycles. The molecule has 0 radical (unpaired) electrons. The van der Waals surface area contributed by atoms with Gasteiger partial charge in [0.2, 0.25) is 0 Å². The van der Waals surface area contributed by atoms with E-state index < -0.39 is 0 Å². The fourth-order valence-corrected chi connectivity index (χ4v) is 1.57. The predicted octanol–water partition coefficient (Wildman–Crippen LogP) is 2.18. The van der Waals surface area contributed by atoms with Crippen molar-refractivity contribution < 1.29 is 9.53 Å². The molecule has 0 amide bonds. The molecule has 0 saturated heterocycles. The van der Waals surface area contributed by atoms with E-state index in [1.165, 1.54) is 18.1 Å². The third-order valence-electron chi connectivity index (χ3n) is 1.78. The number of nitrogens with one attached hydrogen (secondary N) is 1. The van der Waals surface area contributed by atoms with Gasteiger partial charge in [-0.1, -0.05) is 30.0 Å². The molecular formula is C12H15N3O2S. The first-order valence-electron chi connectivity index (χ1n) is 5.29. The van der Waals surface area contributed by atoms with E-state index in [0.717, 1.165) is 5.75 Å². The summed E-state index contributed by atoms with van der Waals surface area (Å²) in [6, 6.07) is 9.68. The number of aromatic nitrogens is 3. The number of carbonyl (C=O) groups is 1. The Balaban J connectivity index is 0.000000184. The summed E-state index contributed by atoms with van der Waals surface area (Å²) >= 11 is 1.36. The predicted molar refractivity (Wildman–Crippen MR) is 70.8 cm³/mol. The Labute approximate surface area is 110 Å². The van der Waals surface area contributed by atoms with Crippen molar-refractivity contribution in [2.24, 2.45) is 0 Å². The Kier molecular flexibility index (Phi) is 6.56. The standard InChI is InChI=1S/C7H8O.C5H7N3OS/c1-8-7-5-3-2-4-6-7;1-4(9)2-10-5-6-3-7-8-5/h2-6H,1H3;3H,2H2,1H3,(H,6,7,8). The molecule has 0 fully saturated rings. The monoisotopic (exact) mass is 265 g/mol. The highest BCUT2D eigenvalue weighted by atomic mass is 32.2. The van der Waals surface area contributed by atoms with E-state index in [1.54, 1.807) is 14.0 Å². The first-order valence-corrected chi connectivity index (χ1v) is 6.27. The molecule has 2 rings (SSSR count). The third-order valence-corrected chi connectivity index (χ3v) is 2.80. The summed E-state index contributed by atoms with van der Waals surface area (Å²) in [5.74, 6) is 1.50. The van der Waals surface area contributed by atoms with Crippen LogP contribution in [0.25, 0.3) is 0 Å². The lowest BCUT2D eigenvalue weighted by Crippen LogP contribution is -1.93. The zero-order valence-electron chi connectivity index (χ0n) is 10.3. The van der Waals surface area contributed by atoms with E-state index in [2.05, 4.69) is 15.2 Å². The molecule has 1 aromatic carbocycles. The Morgan fingerprint density at radius 1 is 1.39 bits per heavy atom. The molecule has 5 nitrogen and oxygen atoms in total. The number of nitrogens with zero attached hydrogens (tertiary/aromatic N) is 2. The number of hydrogen-bond acceptors (Lipinski definition) is 5. The second-order valence-corrected chi connectivity index (χ2v) is 4.26. The highest BCUT2D eigenvalue weighted by Gasteiger charge is 1.97. The molecule has 1 N–H and O–H groups in total. The van der Waals surface area contributed by atoms with Crippen molar-refractivity contribution in [2.75, 3.05) is 12.9 Å². The molecule has 0 bridgehead atoms. The Morgan fingerprint density at radius 3 is 2.56 bits per heavy atom. The van der Waals surface area contributed by atoms with Crippen molar-refractivity contribution in [2.45, 2.75) is 12.1 Å². The molecule has 0 aliphatic heterocycles. The molecule has 18 heavy (non-hydrogen) atoms. The fraction of sp³-hybridized carbons (Fsp3) is 0.250. The van der Waals surface area contributed by atoms with Gasteiger partial charge in [0.25, 0.3) is 0 Å². The van der Waals surface area contributed by atoms with Crippen molar-refractivity contribution in [1.82, 2.24) is 15.2 Å². The second kappa shape index (κ2) is 8.30. The van der Waals surface area contributed by atoms with E-state index in [0.29, 0.717) is 10.9 Å². The van der Waals surface area contributed by atoms with E-state index in [9.17, 15) is 4.79 Å². The number of Topliss-reactive ketones (excluding diaryl/α,β-unsaturated/α-hetero) is 1. The molecule has 0 aliphatic carbocycles. The van der Waals surface area contributed by atoms with Crippen LogP contribution in [0.1, 0.15) is 6.92 Å². The summed E-state index contributed by atoms with van der Waals surface area (Å²) in [7, 11) is 1.66. The lowest BCUT2D eigenvalue weighted by molar-refractivity contribution is -0.114. The number of ketones is 1. The highest BCUT2D eigenvalue weighted by molar-refractivity contribution is 7.99. The average Bonchev–Trinajstić information content (AvgIpc) is 2.91. The average molecular weight is 265 g/mol. The van der Waals surface area contributed by atoms with Gasteiger partial charge in [-0.15, -0.1) is 0 Å². The zero-order chi connectivity index (χ0) is 13.2. The van der Waals surface area contributed by atoms with E-state index in [1.807, 2.05) is 30.3 Å². The third kappa shape index (κ3) is 6.05. The first-order chi connectivity index (χ1) is 8.72. The van der Waals surface area contributed by atoms with Crippen molar-refractivity contribution in [3.63, 3.8) is 0 Å². The number of para-hydroxylation sites is 1. The van der Waals surface area contributed by atoms with Crippen LogP contribution < -0.4 is 4.74 Å². The second-order valence-electron chi connectivity index (χ2n) is 3.30. The van der Waals surface area contributed by atoms with E-state index >= 15 is 0 Å². The lowest BCUT2D eigenvalue weighted by Gasteiger charge is -1.93. The van der Waals surface area contributed by atoms with Gasteiger partial charge in [0.15, 0.2) is 5.16 Å². The highest BCUT2D eigenvalue weighted by Crippen LogP contribution is 2.09. The van der Waals surface area contributed by atoms with Crippen LogP contribution in [0, 0.1) is 0 Å². The van der Waals surface area contributed by atoms with Crippen LogP contribution >= 0.6 is 11.8 Å². The number of thioether (sulfide) groups is 1. The minimum Gasteiger partial charge on any atom is -0.497 e. The molecule has 0 unspecified atom stereocenters. The molecular weight excluding hydrogens is 250 g/mol. The van der Waals surface area contributed by atoms with Crippen LogP contribution in [0.4, 0.5) is 0 Å². The number of rotatable bonds is 4. The van der Waals surface area contributed by atoms with Gasteiger partial charge in [0, 0.05) is 0 Å². The molecule has 0 atom stereocenters. The van der Waals surface area contributed by atoms with Crippen LogP contribution in [-0.2, 0) is 4.79 Å². The van der Waals surface area contributed by atoms with Crippen LogP contribution in [0.5, 0.6) is 5.75 Å². The maximum atomic E-state index is 10.5. The van der Waals surface area contributed by atoms with Gasteiger partial charge in [-0.05, 0) is 19.1 Å². The summed E-state index contributed by atoms with van der Waals surface area (Å²) < 4.78 is 4.91. The van der Waals surface area contributed by atoms with Gasteiger partial charge >= 0.3 is 0 Å². The number of carbonyl (C=O) groups excluding carboxylic acids is 1. The van der Waals surface area contributed by atoms with Crippen LogP contribution in [0.3, 0.4) is 0 Å². The quantitative estimate of drug-likeness (QED) is 0.858. The maximum Gasteiger partial charge on any atom is 0.183 e. The summed E-state index contributed by atoms with van der Waals surface area (Å²) in [4.78, 5) is 14.3. The minimum absolute atomic E-state index is 0.140. The van der Waals surface area contributed by atoms with Gasteiger partial charge in [0.05, 0.1) is 12.9 Å². The van der Waals surface area contributed by atoms with Crippen LogP contribution in [0.2, 0.25) is 0 Å². The number of H-pyrrole nitrogens is 1. The molecule has 2 aromatic rings. The van der Waals surface area contributed by atoms with E-state index in [4.69, 9.17) is 4.74 Å². The molecule has 6 heteroatoms. The summed E-state index contributed by atoms with van der Waals surface area (Å²) in [5, 5.41) is 6.96. The first kappa shape index (κ1) is 14.2. The Morgan fingerprint density at radius 2 is 2.11 bits per heavy atom. The number of hydrogen-bond donors (Lipinski definition) is 1. The summed E-state index contributed by atoms with van der Waals surface area (Å²) in [6.07, 6.45) is 1.42. The molecule has 96 valence electrons. The SMILES string of the molecule is CC(=O)CSc1ncn[nH]1.COc1ccccc1. The fourth-order valence-electron chi connectivity index (χ4n) is 0.990. The molecule has 0 spiro atoms. The number of methoxy groups -OCH3 is 1. The van der Waals surface area contributed by atoms with Gasteiger partial charge < -0.3 is 4.74 Å². The normalized spacial score (nSPS) is 9.22. The number of ether oxygens (including phenoxy) is 1. The van der Waals surface area contributed by atoms with Crippen molar-refractivity contribution in [3.8, 4) is 5.75 Å². The smallest absolute Gasteiger partial charge is 0.183 e. The lowest BCUT2D eigenvalue weighted by atomic mass is 10.3. The summed E-state index contributed by atoms with van der Waals surface area (Å²) in [6.45, 7) is 1.55. The van der Waals surface area contributed by atoms with Gasteiger partial charge in [-0.2, -0.15) is 5.10 Å². The zero-order valence-corrected chi connectivity index (χ0v) is 11.1. The largest absolute Gasteiger partial charge is 0.497 e. The van der Waals surface area contributed by atoms with Gasteiger partial charge in [0.1, 0.15) is 17.9 Å². The molecule has 0 aliphatic rings. The maximum absolute atomic E-state index is 10.5. The summed E-state index contributed by atoms with van der Waals surface area (Å²) in [5.41, 5.74) is 0. The Hall–Kier alpha value is -1.82. The van der Waals surface area contributed by atoms with E-state index in [-0.39, 0.29) is 5.78 Å². The number of aromatic amines is 1. The Bertz CT molecular complexity index is 446. The van der Waals surface area contributed by atoms with Crippen molar-refractivity contribution in [1.29, 1.82) is 0 Å². The van der Waals surface area contributed by atoms with Gasteiger partial charge in [-0.3, -0.25) is 9.89 Å². The number of benzene rings is 1. The molecule has 1 aromatic heterocycles. The van der Waals surface area contributed by atoms with Crippen molar-refractivity contribution in [3.05, 3.63) is 36.7 Å². The molecule has 0 saturated carbocycles. The topological polar surface area (TPSA) is 67.9 Å². The minimum atomic E-state index is 0.140. The van der Waals surface area contributed by atoms with Crippen LogP contribution in [0.15, 0.2) is 41.8 Å². The van der Waals surface area contributed by atoms with Crippen molar-refractivity contribution >= 4 is 17.5 Å².